The Bertz CT molecular complexity index is 1000. The van der Waals surface area contributed by atoms with Gasteiger partial charge in [-0.3, -0.25) is 14.5 Å². The van der Waals surface area contributed by atoms with Crippen molar-refractivity contribution in [3.05, 3.63) is 52.6 Å². The number of carbonyl (C=O) groups excluding carboxylic acids is 2. The van der Waals surface area contributed by atoms with Crippen LogP contribution in [0.1, 0.15) is 39.5 Å². The first-order chi connectivity index (χ1) is 14.2. The molecule has 1 aromatic carbocycles. The van der Waals surface area contributed by atoms with Gasteiger partial charge in [-0.2, -0.15) is 0 Å². The predicted octanol–water partition coefficient (Wildman–Crippen LogP) is 1.10. The largest absolute Gasteiger partial charge is 0.505 e. The molecule has 0 fully saturated rings. The highest BCUT2D eigenvalue weighted by Gasteiger charge is 2.44. The summed E-state index contributed by atoms with van der Waals surface area (Å²) in [5, 5.41) is 21.9. The number of aromatic hydroxyl groups is 1. The second kappa shape index (κ2) is 7.41. The second-order valence-electron chi connectivity index (χ2n) is 8.09. The molecule has 1 aromatic heterocycles. The van der Waals surface area contributed by atoms with Crippen LogP contribution in [0.5, 0.6) is 5.75 Å². The maximum absolute atomic E-state index is 13.2. The molecular weight excluding hydrogens is 391 g/mol. The Labute approximate surface area is 173 Å². The molecule has 3 heterocycles. The number of hydrogen-bond donors (Lipinski definition) is 2. The average Bonchev–Trinajstić information content (AvgIpc) is 3.01. The van der Waals surface area contributed by atoms with Crippen molar-refractivity contribution in [1.29, 1.82) is 0 Å². The van der Waals surface area contributed by atoms with Gasteiger partial charge >= 0.3 is 0 Å². The number of rotatable bonds is 3. The van der Waals surface area contributed by atoms with Crippen LogP contribution in [0.4, 0.5) is 4.39 Å². The molecule has 8 nitrogen and oxygen atoms in total. The van der Waals surface area contributed by atoms with E-state index in [9.17, 15) is 24.2 Å². The summed E-state index contributed by atoms with van der Waals surface area (Å²) >= 11 is 0. The van der Waals surface area contributed by atoms with E-state index in [2.05, 4.69) is 0 Å². The minimum Gasteiger partial charge on any atom is -0.505 e. The minimum absolute atomic E-state index is 0.0848. The summed E-state index contributed by atoms with van der Waals surface area (Å²) in [6.45, 7) is 1.41. The Morgan fingerprint density at radius 1 is 1.20 bits per heavy atom. The van der Waals surface area contributed by atoms with E-state index in [1.807, 2.05) is 0 Å². The monoisotopic (exact) mass is 416 g/mol. The topological polar surface area (TPSA) is 89.2 Å². The van der Waals surface area contributed by atoms with Gasteiger partial charge in [0, 0.05) is 53.0 Å². The number of halogens is 1. The van der Waals surface area contributed by atoms with E-state index in [-0.39, 0.29) is 41.2 Å². The average molecular weight is 416 g/mol. The van der Waals surface area contributed by atoms with Crippen molar-refractivity contribution in [1.82, 2.24) is 19.3 Å². The van der Waals surface area contributed by atoms with Crippen molar-refractivity contribution in [3.8, 4) is 5.75 Å². The van der Waals surface area contributed by atoms with Gasteiger partial charge < -0.3 is 24.6 Å². The molecule has 0 radical (unpaired) electrons. The van der Waals surface area contributed by atoms with E-state index in [4.69, 9.17) is 0 Å². The standard InChI is InChI=1S/C21H25FN4O4/c1-23(2)19(28)14-11-24(3)20(29)15-16(14)26-9-8-25(21(30)17(26)18(15)27)10-12-4-6-13(22)7-5-12/h4-7,14,21,27,30H,8-11H2,1-3H3. The molecular formula is C21H25FN4O4. The van der Waals surface area contributed by atoms with Gasteiger partial charge in [-0.05, 0) is 17.7 Å². The Hall–Kier alpha value is -2.91. The van der Waals surface area contributed by atoms with Crippen molar-refractivity contribution >= 4 is 11.8 Å². The van der Waals surface area contributed by atoms with Crippen molar-refractivity contribution in [2.24, 2.45) is 0 Å². The molecule has 2 aliphatic heterocycles. The van der Waals surface area contributed by atoms with E-state index in [1.165, 1.54) is 21.9 Å². The van der Waals surface area contributed by atoms with Gasteiger partial charge in [0.2, 0.25) is 5.91 Å². The Morgan fingerprint density at radius 3 is 2.50 bits per heavy atom. The number of aliphatic hydroxyl groups is 1. The first-order valence-electron chi connectivity index (χ1n) is 9.79. The summed E-state index contributed by atoms with van der Waals surface area (Å²) in [4.78, 5) is 30.2. The van der Waals surface area contributed by atoms with Crippen molar-refractivity contribution in [2.75, 3.05) is 34.2 Å². The number of likely N-dealkylation sites (N-methyl/N-ethyl adjacent to an activating group) is 2. The van der Waals surface area contributed by atoms with Crippen LogP contribution < -0.4 is 0 Å². The fourth-order valence-electron chi connectivity index (χ4n) is 4.37. The molecule has 4 rings (SSSR count). The maximum atomic E-state index is 13.2. The second-order valence-corrected chi connectivity index (χ2v) is 8.09. The van der Waals surface area contributed by atoms with E-state index < -0.39 is 12.1 Å². The third kappa shape index (κ3) is 3.14. The van der Waals surface area contributed by atoms with E-state index >= 15 is 0 Å². The van der Waals surface area contributed by atoms with Crippen LogP contribution in [0.3, 0.4) is 0 Å². The number of aliphatic hydroxyl groups excluding tert-OH is 1. The molecule has 0 aliphatic carbocycles. The zero-order chi connectivity index (χ0) is 21.7. The van der Waals surface area contributed by atoms with Crippen molar-refractivity contribution < 1.29 is 24.2 Å². The molecule has 0 saturated carbocycles. The summed E-state index contributed by atoms with van der Waals surface area (Å²) in [5.41, 5.74) is 1.58. The van der Waals surface area contributed by atoms with Crippen LogP contribution in [0.15, 0.2) is 24.3 Å². The lowest BCUT2D eigenvalue weighted by atomic mass is 9.94. The normalized spacial score (nSPS) is 21.4. The SMILES string of the molecule is CN(C)C(=O)C1CN(C)C(=O)c2c(O)c3n(c21)CCN(Cc1ccc(F)cc1)C3O. The molecule has 0 spiro atoms. The number of carbonyl (C=O) groups is 2. The lowest BCUT2D eigenvalue weighted by Gasteiger charge is -2.36. The summed E-state index contributed by atoms with van der Waals surface area (Å²) in [5.74, 6) is -1.78. The lowest BCUT2D eigenvalue weighted by Crippen LogP contribution is -2.44. The molecule has 2 N–H and O–H groups in total. The lowest BCUT2D eigenvalue weighted by molar-refractivity contribution is -0.130. The smallest absolute Gasteiger partial charge is 0.259 e. The van der Waals surface area contributed by atoms with Crippen LogP contribution in [0.2, 0.25) is 0 Å². The van der Waals surface area contributed by atoms with E-state index in [0.717, 1.165) is 5.56 Å². The first kappa shape index (κ1) is 20.4. The van der Waals surface area contributed by atoms with Gasteiger partial charge in [-0.1, -0.05) is 12.1 Å². The predicted molar refractivity (Wildman–Crippen MR) is 106 cm³/mol. The highest BCUT2D eigenvalue weighted by Crippen LogP contribution is 2.44. The van der Waals surface area contributed by atoms with E-state index in [0.29, 0.717) is 25.3 Å². The third-order valence-electron chi connectivity index (χ3n) is 5.90. The molecule has 30 heavy (non-hydrogen) atoms. The van der Waals surface area contributed by atoms with Gasteiger partial charge in [0.15, 0.2) is 12.0 Å². The van der Waals surface area contributed by atoms with Crippen LogP contribution in [-0.4, -0.2) is 75.5 Å². The Balaban J connectivity index is 1.74. The third-order valence-corrected chi connectivity index (χ3v) is 5.90. The van der Waals surface area contributed by atoms with E-state index in [1.54, 1.807) is 42.7 Å². The zero-order valence-corrected chi connectivity index (χ0v) is 17.2. The summed E-state index contributed by atoms with van der Waals surface area (Å²) in [6, 6.07) is 6.00. The molecule has 2 amide bonds. The van der Waals surface area contributed by atoms with Crippen molar-refractivity contribution in [2.45, 2.75) is 25.2 Å². The number of fused-ring (bicyclic) bond motifs is 3. The van der Waals surface area contributed by atoms with Gasteiger partial charge in [0.05, 0.1) is 5.92 Å². The molecule has 160 valence electrons. The number of benzene rings is 1. The van der Waals surface area contributed by atoms with Gasteiger partial charge in [-0.25, -0.2) is 4.39 Å². The van der Waals surface area contributed by atoms with Gasteiger partial charge in [-0.15, -0.1) is 0 Å². The molecule has 2 unspecified atom stereocenters. The molecule has 0 bridgehead atoms. The number of amides is 2. The van der Waals surface area contributed by atoms with Crippen LogP contribution in [-0.2, 0) is 17.9 Å². The van der Waals surface area contributed by atoms with Crippen LogP contribution >= 0.6 is 0 Å². The summed E-state index contributed by atoms with van der Waals surface area (Å²) < 4.78 is 14.9. The zero-order valence-electron chi connectivity index (χ0n) is 17.2. The fraction of sp³-hybridized carbons (Fsp3) is 0.429. The molecule has 2 atom stereocenters. The molecule has 0 saturated heterocycles. The number of nitrogens with zero attached hydrogens (tertiary/aromatic N) is 4. The molecule has 2 aromatic rings. The fourth-order valence-corrected chi connectivity index (χ4v) is 4.37. The van der Waals surface area contributed by atoms with Gasteiger partial charge in [0.1, 0.15) is 17.1 Å². The Kier molecular flexibility index (Phi) is 5.03. The van der Waals surface area contributed by atoms with Crippen LogP contribution in [0, 0.1) is 5.82 Å². The van der Waals surface area contributed by atoms with Crippen molar-refractivity contribution in [3.63, 3.8) is 0 Å². The highest BCUT2D eigenvalue weighted by molar-refractivity contribution is 6.02. The number of aromatic nitrogens is 1. The van der Waals surface area contributed by atoms with Gasteiger partial charge in [0.25, 0.3) is 5.91 Å². The number of hydrogen-bond acceptors (Lipinski definition) is 5. The quantitative estimate of drug-likeness (QED) is 0.782. The highest BCUT2D eigenvalue weighted by atomic mass is 19.1. The molecule has 2 aliphatic rings. The van der Waals surface area contributed by atoms with Crippen LogP contribution in [0.25, 0.3) is 0 Å². The summed E-state index contributed by atoms with van der Waals surface area (Å²) in [6.07, 6.45) is -1.16. The minimum atomic E-state index is -1.16. The maximum Gasteiger partial charge on any atom is 0.259 e. The summed E-state index contributed by atoms with van der Waals surface area (Å²) in [7, 11) is 4.89. The Morgan fingerprint density at radius 2 is 1.87 bits per heavy atom. The first-order valence-corrected chi connectivity index (χ1v) is 9.79. The molecule has 9 heteroatoms.